The molecule has 2 aliphatic heterocycles. The second-order valence-electron chi connectivity index (χ2n) is 12.1. The van der Waals surface area contributed by atoms with Gasteiger partial charge in [0.15, 0.2) is 9.84 Å². The van der Waals surface area contributed by atoms with Gasteiger partial charge in [-0.25, -0.2) is 8.42 Å². The van der Waals surface area contributed by atoms with Gasteiger partial charge >= 0.3 is 17.9 Å². The first-order valence-electron chi connectivity index (χ1n) is 12.0. The molecule has 0 aromatic carbocycles. The van der Waals surface area contributed by atoms with Gasteiger partial charge in [0, 0.05) is 0 Å². The third kappa shape index (κ3) is 3.26. The summed E-state index contributed by atoms with van der Waals surface area (Å²) < 4.78 is 35.7. The average molecular weight is 467 g/mol. The fourth-order valence-electron chi connectivity index (χ4n) is 7.93. The van der Waals surface area contributed by atoms with Gasteiger partial charge in [-0.05, 0) is 88.4 Å². The van der Waals surface area contributed by atoms with Crippen LogP contribution in [0, 0.1) is 52.8 Å². The van der Waals surface area contributed by atoms with Gasteiger partial charge in [-0.15, -0.1) is 0 Å². The fourth-order valence-corrected chi connectivity index (χ4v) is 10.2. The molecule has 0 N–H and O–H groups in total. The highest BCUT2D eigenvalue weighted by molar-refractivity contribution is 7.91. The van der Waals surface area contributed by atoms with Crippen molar-refractivity contribution in [3.05, 3.63) is 0 Å². The standard InChI is InChI=1S/C24H34O7S/c1-12-10-32(28,29)11-17(12)18-19(21(26)30-20(18)25)23(2,3)22(27)31-24(4)15-6-13-5-14(8-15)9-16(24)7-13/h12-19H,5-11H2,1-4H3. The molecule has 0 aromatic rings. The van der Waals surface area contributed by atoms with Crippen molar-refractivity contribution in [3.63, 3.8) is 0 Å². The first-order chi connectivity index (χ1) is 14.8. The van der Waals surface area contributed by atoms with Crippen LogP contribution < -0.4 is 0 Å². The number of rotatable bonds is 4. The van der Waals surface area contributed by atoms with Gasteiger partial charge in [0.2, 0.25) is 0 Å². The van der Waals surface area contributed by atoms with Gasteiger partial charge in [-0.3, -0.25) is 14.4 Å². The molecule has 0 aromatic heterocycles. The summed E-state index contributed by atoms with van der Waals surface area (Å²) in [6.45, 7) is 7.11. The van der Waals surface area contributed by atoms with Crippen LogP contribution in [0.2, 0.25) is 0 Å². The first kappa shape index (κ1) is 22.4. The van der Waals surface area contributed by atoms with Gasteiger partial charge in [0.25, 0.3) is 0 Å². The summed E-state index contributed by atoms with van der Waals surface area (Å²) in [5, 5.41) is 0. The van der Waals surface area contributed by atoms with Crippen molar-refractivity contribution in [1.29, 1.82) is 0 Å². The highest BCUT2D eigenvalue weighted by atomic mass is 32.2. The van der Waals surface area contributed by atoms with Gasteiger partial charge < -0.3 is 9.47 Å². The van der Waals surface area contributed by atoms with Crippen molar-refractivity contribution in [2.75, 3.05) is 11.5 Å². The molecule has 6 aliphatic rings. The molecule has 6 rings (SSSR count). The number of carbonyl (C=O) groups is 3. The SMILES string of the molecule is CC1CS(=O)(=O)CC1C1C(=O)OC(=O)C1C(C)(C)C(=O)OC1(C)C2CC3CC(C2)CC1C3. The summed E-state index contributed by atoms with van der Waals surface area (Å²) in [6.07, 6.45) is 5.63. The Morgan fingerprint density at radius 3 is 2.06 bits per heavy atom. The van der Waals surface area contributed by atoms with E-state index in [0.29, 0.717) is 11.8 Å². The minimum atomic E-state index is -3.29. The quantitative estimate of drug-likeness (QED) is 0.463. The summed E-state index contributed by atoms with van der Waals surface area (Å²) >= 11 is 0. The first-order valence-corrected chi connectivity index (χ1v) is 13.8. The Balaban J connectivity index is 1.40. The molecular formula is C24H34O7S. The minimum Gasteiger partial charge on any atom is -0.458 e. The molecule has 32 heavy (non-hydrogen) atoms. The van der Waals surface area contributed by atoms with Crippen LogP contribution in [0.3, 0.4) is 0 Å². The lowest BCUT2D eigenvalue weighted by Crippen LogP contribution is -2.59. The maximum Gasteiger partial charge on any atom is 0.318 e. The monoisotopic (exact) mass is 466 g/mol. The van der Waals surface area contributed by atoms with Gasteiger partial charge in [0.05, 0.1) is 28.8 Å². The number of carbonyl (C=O) groups excluding carboxylic acids is 3. The maximum absolute atomic E-state index is 13.6. The lowest BCUT2D eigenvalue weighted by Gasteiger charge is -2.59. The molecule has 2 saturated heterocycles. The molecule has 2 heterocycles. The Hall–Kier alpha value is -1.44. The van der Waals surface area contributed by atoms with Crippen molar-refractivity contribution >= 4 is 27.7 Å². The smallest absolute Gasteiger partial charge is 0.318 e. The molecule has 4 bridgehead atoms. The van der Waals surface area contributed by atoms with Crippen LogP contribution in [0.15, 0.2) is 0 Å². The zero-order chi connectivity index (χ0) is 23.2. The molecule has 0 amide bonds. The Labute approximate surface area is 189 Å². The van der Waals surface area contributed by atoms with E-state index in [9.17, 15) is 22.8 Å². The van der Waals surface area contributed by atoms with E-state index in [2.05, 4.69) is 6.92 Å². The number of esters is 3. The lowest BCUT2D eigenvalue weighted by molar-refractivity contribution is -0.214. The summed E-state index contributed by atoms with van der Waals surface area (Å²) in [5.74, 6) is -2.76. The Kier molecular flexibility index (Phi) is 4.91. The molecule has 0 spiro atoms. The van der Waals surface area contributed by atoms with E-state index in [4.69, 9.17) is 9.47 Å². The topological polar surface area (TPSA) is 104 Å². The molecule has 4 aliphatic carbocycles. The summed E-state index contributed by atoms with van der Waals surface area (Å²) in [5.41, 5.74) is -1.84. The third-order valence-electron chi connectivity index (χ3n) is 9.62. The lowest BCUT2D eigenvalue weighted by atomic mass is 9.50. The fraction of sp³-hybridized carbons (Fsp3) is 0.875. The van der Waals surface area contributed by atoms with Crippen molar-refractivity contribution < 1.29 is 32.3 Å². The highest BCUT2D eigenvalue weighted by Gasteiger charge is 2.63. The molecule has 0 radical (unpaired) electrons. The molecule has 4 unspecified atom stereocenters. The van der Waals surface area contributed by atoms with E-state index in [1.807, 2.05) is 0 Å². The summed E-state index contributed by atoms with van der Waals surface area (Å²) in [4.78, 5) is 39.1. The third-order valence-corrected chi connectivity index (χ3v) is 11.5. The van der Waals surface area contributed by atoms with Crippen LogP contribution in [0.5, 0.6) is 0 Å². The predicted molar refractivity (Wildman–Crippen MR) is 115 cm³/mol. The normalized spacial score (nSPS) is 47.0. The number of cyclic esters (lactones) is 2. The van der Waals surface area contributed by atoms with E-state index in [1.165, 1.54) is 6.42 Å². The van der Waals surface area contributed by atoms with Crippen LogP contribution in [0.25, 0.3) is 0 Å². The molecule has 178 valence electrons. The van der Waals surface area contributed by atoms with Crippen molar-refractivity contribution in [1.82, 2.24) is 0 Å². The molecule has 4 atom stereocenters. The van der Waals surface area contributed by atoms with Crippen molar-refractivity contribution in [2.45, 2.75) is 65.4 Å². The predicted octanol–water partition coefficient (Wildman–Crippen LogP) is 2.77. The van der Waals surface area contributed by atoms with E-state index >= 15 is 0 Å². The Morgan fingerprint density at radius 2 is 1.56 bits per heavy atom. The number of sulfone groups is 1. The second kappa shape index (κ2) is 7.03. The van der Waals surface area contributed by atoms with Gasteiger partial charge in [-0.2, -0.15) is 0 Å². The molecule has 6 fully saturated rings. The molecule has 4 saturated carbocycles. The number of hydrogen-bond acceptors (Lipinski definition) is 7. The number of hydrogen-bond donors (Lipinski definition) is 0. The van der Waals surface area contributed by atoms with E-state index in [-0.39, 0.29) is 17.4 Å². The minimum absolute atomic E-state index is 0.0169. The Bertz CT molecular complexity index is 937. The van der Waals surface area contributed by atoms with E-state index in [0.717, 1.165) is 37.5 Å². The largest absolute Gasteiger partial charge is 0.458 e. The number of ether oxygens (including phenoxy) is 2. The van der Waals surface area contributed by atoms with Crippen LogP contribution in [0.4, 0.5) is 0 Å². The van der Waals surface area contributed by atoms with Crippen LogP contribution in [-0.2, 0) is 33.7 Å². The van der Waals surface area contributed by atoms with Crippen molar-refractivity contribution in [2.24, 2.45) is 52.8 Å². The molecular weight excluding hydrogens is 432 g/mol. The average Bonchev–Trinajstić information content (AvgIpc) is 3.12. The van der Waals surface area contributed by atoms with E-state index < -0.39 is 56.5 Å². The molecule has 8 heteroatoms. The van der Waals surface area contributed by atoms with E-state index in [1.54, 1.807) is 20.8 Å². The van der Waals surface area contributed by atoms with Gasteiger partial charge in [0.1, 0.15) is 5.60 Å². The highest BCUT2D eigenvalue weighted by Crippen LogP contribution is 2.60. The summed E-state index contributed by atoms with van der Waals surface area (Å²) in [6, 6.07) is 0. The van der Waals surface area contributed by atoms with Crippen LogP contribution >= 0.6 is 0 Å². The Morgan fingerprint density at radius 1 is 1.00 bits per heavy atom. The maximum atomic E-state index is 13.6. The summed E-state index contributed by atoms with van der Waals surface area (Å²) in [7, 11) is -3.29. The second-order valence-corrected chi connectivity index (χ2v) is 14.2. The van der Waals surface area contributed by atoms with Crippen LogP contribution in [0.1, 0.15) is 59.8 Å². The zero-order valence-corrected chi connectivity index (χ0v) is 20.2. The van der Waals surface area contributed by atoms with Gasteiger partial charge in [-0.1, -0.05) is 6.92 Å². The van der Waals surface area contributed by atoms with Crippen LogP contribution in [-0.4, -0.2) is 43.4 Å². The van der Waals surface area contributed by atoms with Crippen molar-refractivity contribution in [3.8, 4) is 0 Å². The zero-order valence-electron chi connectivity index (χ0n) is 19.3. The molecule has 7 nitrogen and oxygen atoms in total.